The van der Waals surface area contributed by atoms with Crippen LogP contribution in [0.2, 0.25) is 0 Å². The third kappa shape index (κ3) is 9.73. The first-order valence-electron chi connectivity index (χ1n) is 6.09. The normalized spacial score (nSPS) is 12.5. The summed E-state index contributed by atoms with van der Waals surface area (Å²) in [6.45, 7) is 6.95. The van der Waals surface area contributed by atoms with Crippen LogP contribution in [0.1, 0.15) is 52.9 Å². The number of nitrogens with one attached hydrogen (secondary N) is 1. The Balaban J connectivity index is 3.32. The van der Waals surface area contributed by atoms with Gasteiger partial charge in [0.2, 0.25) is 0 Å². The molecule has 0 fully saturated rings. The van der Waals surface area contributed by atoms with E-state index in [4.69, 9.17) is 4.74 Å². The minimum atomic E-state index is -0.155. The van der Waals surface area contributed by atoms with E-state index in [0.29, 0.717) is 19.2 Å². The Bertz CT molecular complexity index is 160. The summed E-state index contributed by atoms with van der Waals surface area (Å²) in [6, 6.07) is 0.409. The molecule has 0 saturated carbocycles. The second kappa shape index (κ2) is 9.97. The Hall–Kier alpha value is -0.570. The zero-order chi connectivity index (χ0) is 11.5. The Morgan fingerprint density at radius 3 is 2.60 bits per heavy atom. The Kier molecular flexibility index (Phi) is 9.59. The van der Waals surface area contributed by atoms with Crippen molar-refractivity contribution in [3.05, 3.63) is 0 Å². The second-order valence-corrected chi connectivity index (χ2v) is 3.94. The molecule has 0 rings (SSSR count). The van der Waals surface area contributed by atoms with Gasteiger partial charge in [-0.25, -0.2) is 0 Å². The Labute approximate surface area is 93.6 Å². The molecule has 0 bridgehead atoms. The average molecular weight is 215 g/mol. The number of rotatable bonds is 9. The second-order valence-electron chi connectivity index (χ2n) is 3.94. The van der Waals surface area contributed by atoms with Gasteiger partial charge in [-0.1, -0.05) is 32.6 Å². The number of esters is 1. The summed E-state index contributed by atoms with van der Waals surface area (Å²) < 4.78 is 4.83. The first kappa shape index (κ1) is 14.4. The quantitative estimate of drug-likeness (QED) is 0.474. The van der Waals surface area contributed by atoms with Crippen molar-refractivity contribution in [1.29, 1.82) is 0 Å². The highest BCUT2D eigenvalue weighted by Gasteiger charge is 2.05. The molecule has 0 spiro atoms. The van der Waals surface area contributed by atoms with Crippen LogP contribution in [-0.2, 0) is 9.53 Å². The van der Waals surface area contributed by atoms with Crippen LogP contribution in [0.25, 0.3) is 0 Å². The molecule has 0 radical (unpaired) electrons. The van der Waals surface area contributed by atoms with Crippen molar-refractivity contribution in [2.45, 2.75) is 58.9 Å². The van der Waals surface area contributed by atoms with Gasteiger partial charge >= 0.3 is 5.97 Å². The maximum Gasteiger partial charge on any atom is 0.319 e. The number of unbranched alkanes of at least 4 members (excludes halogenated alkanes) is 3. The highest BCUT2D eigenvalue weighted by molar-refractivity contribution is 5.71. The standard InChI is InChI=1S/C12H25NO2/c1-4-6-7-8-9-11(3)13-10-12(14)15-5-2/h11,13H,4-10H2,1-3H3. The third-order valence-electron chi connectivity index (χ3n) is 2.39. The van der Waals surface area contributed by atoms with Crippen molar-refractivity contribution >= 4 is 5.97 Å². The van der Waals surface area contributed by atoms with Gasteiger partial charge in [-0.2, -0.15) is 0 Å². The smallest absolute Gasteiger partial charge is 0.319 e. The Morgan fingerprint density at radius 1 is 1.27 bits per heavy atom. The van der Waals surface area contributed by atoms with Crippen molar-refractivity contribution in [3.8, 4) is 0 Å². The van der Waals surface area contributed by atoms with Crippen LogP contribution in [0.15, 0.2) is 0 Å². The van der Waals surface area contributed by atoms with Crippen molar-refractivity contribution in [3.63, 3.8) is 0 Å². The van der Waals surface area contributed by atoms with E-state index in [9.17, 15) is 4.79 Å². The maximum atomic E-state index is 11.0. The molecule has 0 aliphatic heterocycles. The zero-order valence-electron chi connectivity index (χ0n) is 10.3. The summed E-state index contributed by atoms with van der Waals surface area (Å²) in [5.74, 6) is -0.155. The maximum absolute atomic E-state index is 11.0. The predicted molar refractivity (Wildman–Crippen MR) is 62.9 cm³/mol. The molecule has 0 heterocycles. The van der Waals surface area contributed by atoms with E-state index in [0.717, 1.165) is 6.42 Å². The van der Waals surface area contributed by atoms with Crippen molar-refractivity contribution < 1.29 is 9.53 Å². The fourth-order valence-corrected chi connectivity index (χ4v) is 1.45. The molecule has 0 aromatic heterocycles. The van der Waals surface area contributed by atoms with Crippen LogP contribution in [0.3, 0.4) is 0 Å². The molecule has 0 saturated heterocycles. The van der Waals surface area contributed by atoms with Crippen LogP contribution >= 0.6 is 0 Å². The molecule has 0 aromatic rings. The van der Waals surface area contributed by atoms with Gasteiger partial charge in [0.1, 0.15) is 0 Å². The summed E-state index contributed by atoms with van der Waals surface area (Å²) in [4.78, 5) is 11.0. The minimum absolute atomic E-state index is 0.155. The predicted octanol–water partition coefficient (Wildman–Crippen LogP) is 2.50. The lowest BCUT2D eigenvalue weighted by atomic mass is 10.1. The molecular weight excluding hydrogens is 190 g/mol. The van der Waals surface area contributed by atoms with Gasteiger partial charge in [0, 0.05) is 6.04 Å². The molecule has 90 valence electrons. The van der Waals surface area contributed by atoms with Crippen LogP contribution in [-0.4, -0.2) is 25.2 Å². The highest BCUT2D eigenvalue weighted by atomic mass is 16.5. The topological polar surface area (TPSA) is 38.3 Å². The first-order valence-corrected chi connectivity index (χ1v) is 6.09. The average Bonchev–Trinajstić information content (AvgIpc) is 2.22. The molecule has 1 atom stereocenters. The summed E-state index contributed by atoms with van der Waals surface area (Å²) in [5, 5.41) is 3.17. The minimum Gasteiger partial charge on any atom is -0.465 e. The van der Waals surface area contributed by atoms with Gasteiger partial charge in [0.05, 0.1) is 13.2 Å². The lowest BCUT2D eigenvalue weighted by Crippen LogP contribution is -2.32. The van der Waals surface area contributed by atoms with Gasteiger partial charge in [0.25, 0.3) is 0 Å². The lowest BCUT2D eigenvalue weighted by molar-refractivity contribution is -0.142. The summed E-state index contributed by atoms with van der Waals surface area (Å²) >= 11 is 0. The molecule has 3 nitrogen and oxygen atoms in total. The summed E-state index contributed by atoms with van der Waals surface area (Å²) in [7, 11) is 0. The van der Waals surface area contributed by atoms with E-state index >= 15 is 0 Å². The van der Waals surface area contributed by atoms with Crippen LogP contribution < -0.4 is 5.32 Å². The van der Waals surface area contributed by atoms with E-state index in [1.807, 2.05) is 6.92 Å². The van der Waals surface area contributed by atoms with Crippen molar-refractivity contribution in [1.82, 2.24) is 5.32 Å². The molecule has 0 aromatic carbocycles. The molecule has 0 aliphatic rings. The van der Waals surface area contributed by atoms with Crippen molar-refractivity contribution in [2.24, 2.45) is 0 Å². The first-order chi connectivity index (χ1) is 7.20. The molecule has 15 heavy (non-hydrogen) atoms. The van der Waals surface area contributed by atoms with Crippen molar-refractivity contribution in [2.75, 3.05) is 13.2 Å². The third-order valence-corrected chi connectivity index (χ3v) is 2.39. The van der Waals surface area contributed by atoms with Gasteiger partial charge in [0.15, 0.2) is 0 Å². The number of carbonyl (C=O) groups is 1. The monoisotopic (exact) mass is 215 g/mol. The van der Waals surface area contributed by atoms with Crippen LogP contribution in [0.5, 0.6) is 0 Å². The van der Waals surface area contributed by atoms with E-state index in [2.05, 4.69) is 19.2 Å². The number of hydrogen-bond acceptors (Lipinski definition) is 3. The lowest BCUT2D eigenvalue weighted by Gasteiger charge is -2.12. The van der Waals surface area contributed by atoms with E-state index in [1.165, 1.54) is 25.7 Å². The number of carbonyl (C=O) groups excluding carboxylic acids is 1. The SMILES string of the molecule is CCCCCCC(C)NCC(=O)OCC. The summed E-state index contributed by atoms with van der Waals surface area (Å²) in [5.41, 5.74) is 0. The zero-order valence-corrected chi connectivity index (χ0v) is 10.3. The molecule has 0 aliphatic carbocycles. The van der Waals surface area contributed by atoms with Crippen LogP contribution in [0, 0.1) is 0 Å². The van der Waals surface area contributed by atoms with Gasteiger partial charge in [-0.3, -0.25) is 4.79 Å². The largest absolute Gasteiger partial charge is 0.465 e. The van der Waals surface area contributed by atoms with E-state index in [-0.39, 0.29) is 5.97 Å². The molecule has 1 N–H and O–H groups in total. The molecular formula is C12H25NO2. The van der Waals surface area contributed by atoms with Gasteiger partial charge in [-0.05, 0) is 20.3 Å². The summed E-state index contributed by atoms with van der Waals surface area (Å²) in [6.07, 6.45) is 6.25. The fraction of sp³-hybridized carbons (Fsp3) is 0.917. The van der Waals surface area contributed by atoms with Crippen LogP contribution in [0.4, 0.5) is 0 Å². The van der Waals surface area contributed by atoms with E-state index < -0.39 is 0 Å². The molecule has 3 heteroatoms. The highest BCUT2D eigenvalue weighted by Crippen LogP contribution is 2.04. The van der Waals surface area contributed by atoms with E-state index in [1.54, 1.807) is 0 Å². The number of ether oxygens (including phenoxy) is 1. The Morgan fingerprint density at radius 2 is 2.00 bits per heavy atom. The van der Waals surface area contributed by atoms with Gasteiger partial charge < -0.3 is 10.1 Å². The molecule has 1 unspecified atom stereocenters. The molecule has 0 amide bonds. The van der Waals surface area contributed by atoms with Gasteiger partial charge in [-0.15, -0.1) is 0 Å². The number of hydrogen-bond donors (Lipinski definition) is 1. The fourth-order valence-electron chi connectivity index (χ4n) is 1.45.